The molecule has 33 heavy (non-hydrogen) atoms. The van der Waals surface area contributed by atoms with Crippen LogP contribution in [-0.4, -0.2) is 40.9 Å². The highest BCUT2D eigenvalue weighted by molar-refractivity contribution is 5.93. The molecule has 0 bridgehead atoms. The molecule has 0 spiro atoms. The maximum Gasteiger partial charge on any atom is 0.339 e. The fourth-order valence-electron chi connectivity index (χ4n) is 3.44. The van der Waals surface area contributed by atoms with Crippen molar-refractivity contribution in [2.75, 3.05) is 19.7 Å². The van der Waals surface area contributed by atoms with E-state index in [0.29, 0.717) is 31.9 Å². The molecule has 178 valence electrons. The maximum absolute atomic E-state index is 11.8. The highest BCUT2D eigenvalue weighted by atomic mass is 35.5. The molecule has 0 fully saturated rings. The number of rotatable bonds is 11. The number of halogens is 2. The van der Waals surface area contributed by atoms with Crippen molar-refractivity contribution in [3.05, 3.63) is 83.7 Å². The van der Waals surface area contributed by atoms with Crippen LogP contribution in [0.2, 0.25) is 0 Å². The number of aliphatic hydroxyl groups excluding tert-OH is 1. The van der Waals surface area contributed by atoms with Crippen LogP contribution in [0.1, 0.15) is 40.9 Å². The molecule has 0 saturated carbocycles. The van der Waals surface area contributed by atoms with Crippen molar-refractivity contribution >= 4 is 30.8 Å². The van der Waals surface area contributed by atoms with Gasteiger partial charge in [0, 0.05) is 30.1 Å². The third kappa shape index (κ3) is 7.72. The molecule has 3 rings (SSSR count). The second-order valence-corrected chi connectivity index (χ2v) is 7.24. The predicted molar refractivity (Wildman–Crippen MR) is 135 cm³/mol. The van der Waals surface area contributed by atoms with Crippen LogP contribution in [0.25, 0.3) is 11.1 Å². The fourth-order valence-corrected chi connectivity index (χ4v) is 3.44. The second-order valence-electron chi connectivity index (χ2n) is 7.24. The first-order valence-corrected chi connectivity index (χ1v) is 10.5. The number of hydrogen-bond acceptors (Lipinski definition) is 5. The first-order chi connectivity index (χ1) is 15.1. The van der Waals surface area contributed by atoms with E-state index in [1.807, 2.05) is 49.4 Å². The van der Waals surface area contributed by atoms with Gasteiger partial charge in [0.1, 0.15) is 11.3 Å². The van der Waals surface area contributed by atoms with E-state index in [9.17, 15) is 15.0 Å². The van der Waals surface area contributed by atoms with Gasteiger partial charge in [-0.15, -0.1) is 24.8 Å². The van der Waals surface area contributed by atoms with Gasteiger partial charge in [-0.3, -0.25) is 4.98 Å². The van der Waals surface area contributed by atoms with E-state index in [-0.39, 0.29) is 30.4 Å². The number of pyridine rings is 1. The van der Waals surface area contributed by atoms with E-state index in [1.54, 1.807) is 24.5 Å². The minimum atomic E-state index is -1.01. The first-order valence-electron chi connectivity index (χ1n) is 10.5. The monoisotopic (exact) mass is 492 g/mol. The maximum atomic E-state index is 11.8. The van der Waals surface area contributed by atoms with Gasteiger partial charge in [-0.2, -0.15) is 0 Å². The first kappa shape index (κ1) is 28.4. The molecule has 0 aliphatic rings. The lowest BCUT2D eigenvalue weighted by molar-refractivity contribution is 0.0692. The van der Waals surface area contributed by atoms with Crippen LogP contribution in [0.3, 0.4) is 0 Å². The molecule has 0 unspecified atom stereocenters. The van der Waals surface area contributed by atoms with Gasteiger partial charge in [0.2, 0.25) is 0 Å². The van der Waals surface area contributed by atoms with E-state index in [4.69, 9.17) is 4.74 Å². The molecule has 1 atom stereocenters. The van der Waals surface area contributed by atoms with Crippen LogP contribution >= 0.6 is 24.8 Å². The minimum absolute atomic E-state index is 0. The van der Waals surface area contributed by atoms with Gasteiger partial charge in [0.15, 0.2) is 0 Å². The van der Waals surface area contributed by atoms with Crippen molar-refractivity contribution in [2.45, 2.75) is 25.9 Å². The topological polar surface area (TPSA) is 91.7 Å². The Morgan fingerprint density at radius 2 is 1.85 bits per heavy atom. The number of hydrogen-bond donors (Lipinski definition) is 3. The molecular formula is C25H30Cl2N2O4. The van der Waals surface area contributed by atoms with Gasteiger partial charge < -0.3 is 20.3 Å². The number of carboxylic acid groups (broad SMARTS) is 1. The van der Waals surface area contributed by atoms with Gasteiger partial charge in [0.05, 0.1) is 12.7 Å². The summed E-state index contributed by atoms with van der Waals surface area (Å²) in [5.74, 6) is -0.586. The highest BCUT2D eigenvalue weighted by Gasteiger charge is 2.20. The summed E-state index contributed by atoms with van der Waals surface area (Å²) in [7, 11) is 0. The van der Waals surface area contributed by atoms with E-state index in [1.165, 1.54) is 0 Å². The summed E-state index contributed by atoms with van der Waals surface area (Å²) in [6.45, 7) is 3.36. The molecule has 1 aromatic heterocycles. The zero-order chi connectivity index (χ0) is 22.1. The molecule has 3 N–H and O–H groups in total. The van der Waals surface area contributed by atoms with Crippen LogP contribution in [0.15, 0.2) is 67.0 Å². The number of aromatic carboxylic acids is 1. The van der Waals surface area contributed by atoms with Gasteiger partial charge in [-0.1, -0.05) is 49.4 Å². The molecule has 1 heterocycles. The summed E-state index contributed by atoms with van der Waals surface area (Å²) in [6.07, 6.45) is 3.99. The van der Waals surface area contributed by atoms with Gasteiger partial charge in [0.25, 0.3) is 0 Å². The third-order valence-corrected chi connectivity index (χ3v) is 4.98. The number of benzene rings is 2. The van der Waals surface area contributed by atoms with E-state index < -0.39 is 12.1 Å². The average Bonchev–Trinajstić information content (AvgIpc) is 2.81. The Kier molecular flexibility index (Phi) is 12.5. The SMILES string of the molecule is CCCOc1c(C(=O)O)ccc(-c2ccccc2)c1CCNC[C@H](O)c1cccnc1.Cl.Cl. The fraction of sp³-hybridized carbons (Fsp3) is 0.280. The van der Waals surface area contributed by atoms with E-state index in [2.05, 4.69) is 10.3 Å². The molecule has 8 heteroatoms. The molecular weight excluding hydrogens is 463 g/mol. The Morgan fingerprint density at radius 3 is 2.48 bits per heavy atom. The lowest BCUT2D eigenvalue weighted by atomic mass is 9.94. The minimum Gasteiger partial charge on any atom is -0.492 e. The number of nitrogens with one attached hydrogen (secondary N) is 1. The second kappa shape index (κ2) is 14.5. The average molecular weight is 493 g/mol. The van der Waals surface area contributed by atoms with Crippen LogP contribution in [0.5, 0.6) is 5.75 Å². The Balaban J connectivity index is 0.00000272. The van der Waals surface area contributed by atoms with Gasteiger partial charge in [-0.25, -0.2) is 4.79 Å². The standard InChI is InChI=1S/C25H28N2O4.2ClH/c1-2-15-31-24-21(12-14-27-17-23(28)19-9-6-13-26-16-19)20(10-11-22(24)25(29)30)18-7-4-3-5-8-18;;/h3-11,13,16,23,27-28H,2,12,14-15,17H2,1H3,(H,29,30);2*1H/t23-;;/m0../s1. The zero-order valence-corrected chi connectivity index (χ0v) is 20.1. The van der Waals surface area contributed by atoms with Crippen LogP contribution in [-0.2, 0) is 6.42 Å². The summed E-state index contributed by atoms with van der Waals surface area (Å²) < 4.78 is 5.92. The van der Waals surface area contributed by atoms with Crippen molar-refractivity contribution in [3.8, 4) is 16.9 Å². The molecule has 0 amide bonds. The molecule has 0 aliphatic carbocycles. The Morgan fingerprint density at radius 1 is 1.09 bits per heavy atom. The van der Waals surface area contributed by atoms with Crippen molar-refractivity contribution in [2.24, 2.45) is 0 Å². The highest BCUT2D eigenvalue weighted by Crippen LogP contribution is 2.34. The normalized spacial score (nSPS) is 11.1. The Labute approximate surface area is 206 Å². The van der Waals surface area contributed by atoms with Gasteiger partial charge >= 0.3 is 5.97 Å². The Bertz CT molecular complexity index is 988. The number of aromatic nitrogens is 1. The molecule has 3 aromatic rings. The van der Waals surface area contributed by atoms with Crippen molar-refractivity contribution in [1.82, 2.24) is 10.3 Å². The van der Waals surface area contributed by atoms with E-state index >= 15 is 0 Å². The summed E-state index contributed by atoms with van der Waals surface area (Å²) in [5.41, 5.74) is 3.72. The quantitative estimate of drug-likeness (QED) is 0.328. The van der Waals surface area contributed by atoms with E-state index in [0.717, 1.165) is 28.7 Å². The summed E-state index contributed by atoms with van der Waals surface area (Å²) in [5, 5.41) is 23.3. The van der Waals surface area contributed by atoms with Crippen molar-refractivity contribution in [3.63, 3.8) is 0 Å². The zero-order valence-electron chi connectivity index (χ0n) is 18.4. The number of carboxylic acids is 1. The molecule has 2 aromatic carbocycles. The summed E-state index contributed by atoms with van der Waals surface area (Å²) in [6, 6.07) is 16.9. The predicted octanol–water partition coefficient (Wildman–Crippen LogP) is 4.94. The summed E-state index contributed by atoms with van der Waals surface area (Å²) >= 11 is 0. The number of carbonyl (C=O) groups is 1. The van der Waals surface area contributed by atoms with Crippen molar-refractivity contribution < 1.29 is 19.7 Å². The largest absolute Gasteiger partial charge is 0.492 e. The number of ether oxygens (including phenoxy) is 1. The lowest BCUT2D eigenvalue weighted by Crippen LogP contribution is -2.24. The Hall–Kier alpha value is -2.64. The number of nitrogens with zero attached hydrogens (tertiary/aromatic N) is 1. The molecule has 0 radical (unpaired) electrons. The van der Waals surface area contributed by atoms with Crippen LogP contribution in [0, 0.1) is 0 Å². The smallest absolute Gasteiger partial charge is 0.339 e. The van der Waals surface area contributed by atoms with Crippen molar-refractivity contribution in [1.29, 1.82) is 0 Å². The lowest BCUT2D eigenvalue weighted by Gasteiger charge is -2.19. The summed E-state index contributed by atoms with van der Waals surface area (Å²) in [4.78, 5) is 15.9. The number of aliphatic hydroxyl groups is 1. The van der Waals surface area contributed by atoms with Crippen LogP contribution < -0.4 is 10.1 Å². The van der Waals surface area contributed by atoms with Gasteiger partial charge in [-0.05, 0) is 42.6 Å². The third-order valence-electron chi connectivity index (χ3n) is 4.98. The van der Waals surface area contributed by atoms with Crippen LogP contribution in [0.4, 0.5) is 0 Å². The molecule has 0 aliphatic heterocycles. The molecule has 6 nitrogen and oxygen atoms in total. The molecule has 0 saturated heterocycles.